The average Bonchev–Trinajstić information content (AvgIpc) is 4.21. The Morgan fingerprint density at radius 2 is 1.36 bits per heavy atom. The maximum absolute atomic E-state index is 13.4. The Kier molecular flexibility index (Phi) is 19.7. The van der Waals surface area contributed by atoms with E-state index in [9.17, 15) is 30.3 Å². The number of rotatable bonds is 27. The highest BCUT2D eigenvalue weighted by Crippen LogP contribution is 2.51. The molecule has 1 amide bonds. The zero-order valence-electron chi connectivity index (χ0n) is 45.1. The third kappa shape index (κ3) is 14.0. The van der Waals surface area contributed by atoms with Crippen molar-refractivity contribution in [2.24, 2.45) is 0 Å². The van der Waals surface area contributed by atoms with Crippen molar-refractivity contribution >= 4 is 43.1 Å². The second-order valence-corrected chi connectivity index (χ2v) is 20.4. The molecule has 1 aliphatic rings. The lowest BCUT2D eigenvalue weighted by molar-refractivity contribution is -0.385. The number of nitro groups is 2. The molecule has 2 aromatic heterocycles. The van der Waals surface area contributed by atoms with E-state index >= 15 is 0 Å². The normalized spacial score (nSPS) is 15.7. The van der Waals surface area contributed by atoms with Crippen LogP contribution in [0.5, 0.6) is 17.4 Å². The Morgan fingerprint density at radius 3 is 1.90 bits per heavy atom. The van der Waals surface area contributed by atoms with Gasteiger partial charge in [-0.3, -0.25) is 30.1 Å². The van der Waals surface area contributed by atoms with E-state index in [1.165, 1.54) is 24.3 Å². The predicted octanol–water partition coefficient (Wildman–Crippen LogP) is 11.0. The van der Waals surface area contributed by atoms with Crippen LogP contribution in [0.2, 0.25) is 0 Å². The zero-order chi connectivity index (χ0) is 56.8. The zero-order valence-corrected chi connectivity index (χ0v) is 46.0. The second kappa shape index (κ2) is 27.1. The first kappa shape index (κ1) is 58.0. The number of imidazole rings is 1. The summed E-state index contributed by atoms with van der Waals surface area (Å²) in [7, 11) is 1.43. The van der Waals surface area contributed by atoms with Crippen molar-refractivity contribution in [2.75, 3.05) is 46.0 Å². The van der Waals surface area contributed by atoms with Crippen LogP contribution in [-0.2, 0) is 41.7 Å². The van der Waals surface area contributed by atoms with Crippen LogP contribution in [0.4, 0.5) is 22.1 Å². The molecule has 7 aromatic rings. The Balaban J connectivity index is 1.16. The van der Waals surface area contributed by atoms with E-state index in [0.29, 0.717) is 23.5 Å². The van der Waals surface area contributed by atoms with Crippen LogP contribution in [0.1, 0.15) is 74.6 Å². The molecule has 3 heterocycles. The maximum Gasteiger partial charge on any atom is 0.414 e. The minimum absolute atomic E-state index is 0.0139. The van der Waals surface area contributed by atoms with E-state index in [0.717, 1.165) is 22.3 Å². The fraction of sp³-hybridized carbons (Fsp3) is 0.351. The summed E-state index contributed by atoms with van der Waals surface area (Å²) in [6, 6.07) is 39.5. The number of nitro benzene ring substituents is 2. The molecule has 418 valence electrons. The molecule has 23 heteroatoms. The number of ether oxygens (including phenoxy) is 6. The van der Waals surface area contributed by atoms with Crippen molar-refractivity contribution < 1.29 is 52.1 Å². The van der Waals surface area contributed by atoms with Crippen LogP contribution >= 0.6 is 8.53 Å². The summed E-state index contributed by atoms with van der Waals surface area (Å²) in [4.78, 5) is 49.0. The van der Waals surface area contributed by atoms with Gasteiger partial charge in [0, 0.05) is 55.6 Å². The van der Waals surface area contributed by atoms with Gasteiger partial charge < -0.3 is 37.5 Å². The quantitative estimate of drug-likeness (QED) is 0.0165. The van der Waals surface area contributed by atoms with Crippen molar-refractivity contribution in [1.29, 1.82) is 5.26 Å². The molecular formula is C57H62N9O13P. The monoisotopic (exact) mass is 1110 g/mol. The van der Waals surface area contributed by atoms with E-state index in [1.807, 2.05) is 78.9 Å². The number of carbonyl (C=O) groups excluding carboxylic acids is 1. The smallest absolute Gasteiger partial charge is 0.414 e. The molecule has 1 unspecified atom stereocenters. The number of fused-ring (bicyclic) bond motifs is 1. The molecule has 1 saturated heterocycles. The molecule has 1 aliphatic heterocycles. The van der Waals surface area contributed by atoms with Crippen molar-refractivity contribution in [2.45, 2.75) is 89.5 Å². The summed E-state index contributed by atoms with van der Waals surface area (Å²) >= 11 is 0. The van der Waals surface area contributed by atoms with E-state index < -0.39 is 48.5 Å². The number of aromatic nitrogens is 4. The summed E-state index contributed by atoms with van der Waals surface area (Å²) in [5.74, 6) is 1.17. The van der Waals surface area contributed by atoms with E-state index in [4.69, 9.17) is 47.4 Å². The minimum Gasteiger partial charge on any atom is -0.497 e. The number of anilines is 1. The topological polar surface area (TPSA) is 260 Å². The first-order valence-corrected chi connectivity index (χ1v) is 27.0. The molecule has 4 atom stereocenters. The predicted molar refractivity (Wildman–Crippen MR) is 296 cm³/mol. The minimum atomic E-state index is -1.79. The van der Waals surface area contributed by atoms with Gasteiger partial charge in [-0.25, -0.2) is 14.4 Å². The highest BCUT2D eigenvalue weighted by atomic mass is 31.2. The maximum atomic E-state index is 13.4. The molecule has 1 N–H and O–H groups in total. The molecule has 0 aliphatic carbocycles. The number of nitriles is 1. The second-order valence-electron chi connectivity index (χ2n) is 19.0. The van der Waals surface area contributed by atoms with Gasteiger partial charge in [-0.2, -0.15) is 15.2 Å². The number of nitrogens with one attached hydrogen (secondary N) is 1. The molecule has 0 bridgehead atoms. The number of nitrogens with zero attached hydrogens (tertiary/aromatic N) is 8. The number of carbonyl (C=O) groups is 1. The molecule has 8 rings (SSSR count). The van der Waals surface area contributed by atoms with Gasteiger partial charge >= 0.3 is 6.09 Å². The lowest BCUT2D eigenvalue weighted by atomic mass is 9.80. The van der Waals surface area contributed by atoms with Crippen molar-refractivity contribution in [3.8, 4) is 23.4 Å². The van der Waals surface area contributed by atoms with Gasteiger partial charge in [0.15, 0.2) is 11.2 Å². The van der Waals surface area contributed by atoms with E-state index in [2.05, 4.69) is 48.7 Å². The van der Waals surface area contributed by atoms with Gasteiger partial charge in [0.1, 0.15) is 29.4 Å². The molecule has 0 radical (unpaired) electrons. The fourth-order valence-corrected chi connectivity index (χ4v) is 11.1. The average molecular weight is 1110 g/mol. The molecule has 1 fully saturated rings. The Morgan fingerprint density at radius 1 is 0.800 bits per heavy atom. The lowest BCUT2D eigenvalue weighted by Crippen LogP contribution is -2.39. The number of benzene rings is 5. The lowest BCUT2D eigenvalue weighted by Gasteiger charge is -2.39. The Labute approximate surface area is 463 Å². The number of hydrogen-bond donors (Lipinski definition) is 1. The first-order valence-electron chi connectivity index (χ1n) is 25.9. The van der Waals surface area contributed by atoms with E-state index in [-0.39, 0.29) is 92.1 Å². The molecule has 0 spiro atoms. The van der Waals surface area contributed by atoms with Crippen molar-refractivity contribution in [1.82, 2.24) is 24.2 Å². The fourth-order valence-electron chi connectivity index (χ4n) is 9.30. The van der Waals surface area contributed by atoms with Crippen LogP contribution < -0.4 is 19.5 Å². The van der Waals surface area contributed by atoms with Gasteiger partial charge in [0.25, 0.3) is 19.9 Å². The van der Waals surface area contributed by atoms with Gasteiger partial charge in [-0.1, -0.05) is 78.9 Å². The number of hydrogen-bond acceptors (Lipinski definition) is 18. The Hall–Kier alpha value is -8.16. The summed E-state index contributed by atoms with van der Waals surface area (Å²) < 4.78 is 54.9. The van der Waals surface area contributed by atoms with E-state index in [1.54, 1.807) is 49.4 Å². The highest BCUT2D eigenvalue weighted by Gasteiger charge is 2.45. The van der Waals surface area contributed by atoms with Crippen molar-refractivity contribution in [3.05, 3.63) is 182 Å². The molecule has 0 saturated carbocycles. The SMILES string of the molecule is COc1ccc(C(OC[C@H]2O[C@@H](n3cnc4c(OCCc5ccc([N+](=O)[O-])cc5)nc(NC(=O)OCCc5ccc([N+](=O)[O-])cc5)nc43)C[C@@H]2OP(OCCC#N)N(C(C)C)C(C)C)(c2ccccc2)c2ccc(OC)cc2)cc1. The summed E-state index contributed by atoms with van der Waals surface area (Å²) in [5, 5.41) is 34.7. The van der Waals surface area contributed by atoms with Crippen LogP contribution in [0.15, 0.2) is 134 Å². The van der Waals surface area contributed by atoms with Crippen molar-refractivity contribution in [3.63, 3.8) is 0 Å². The third-order valence-electron chi connectivity index (χ3n) is 13.2. The Bertz CT molecular complexity index is 3160. The van der Waals surface area contributed by atoms with Crippen LogP contribution in [-0.4, -0.2) is 105 Å². The van der Waals surface area contributed by atoms with Gasteiger partial charge in [-0.05, 0) is 79.8 Å². The molecular weight excluding hydrogens is 1050 g/mol. The molecule has 5 aromatic carbocycles. The standard InChI is InChI=1S/C57H62N9O13P/c1-38(2)64(39(3)4)80(77-32-10-31-58)79-49-35-51(78-50(49)36-76-57(42-11-8-7-9-12-42,43-17-25-47(72-5)26-18-43)44-19-27-48(73-6)28-20-44)63-37-59-52-53(63)60-55(61-54(52)74-33-29-40-13-21-45(22-14-40)65(68)69)62-56(67)75-34-30-41-15-23-46(24-16-41)66(70)71/h7-9,11-28,37-39,49-51H,10,29-30,32-36H2,1-6H3,(H,60,61,62,67)/t49-,50+,51+,80?/m0/s1. The van der Waals surface area contributed by atoms with Gasteiger partial charge in [0.2, 0.25) is 11.8 Å². The van der Waals surface area contributed by atoms with Gasteiger partial charge in [0.05, 0.1) is 75.4 Å². The van der Waals surface area contributed by atoms with Gasteiger partial charge in [-0.15, -0.1) is 0 Å². The highest BCUT2D eigenvalue weighted by molar-refractivity contribution is 7.44. The van der Waals surface area contributed by atoms with Crippen LogP contribution in [0.25, 0.3) is 11.2 Å². The molecule has 80 heavy (non-hydrogen) atoms. The molecule has 22 nitrogen and oxygen atoms in total. The summed E-state index contributed by atoms with van der Waals surface area (Å²) in [6.45, 7) is 8.33. The largest absolute Gasteiger partial charge is 0.497 e. The summed E-state index contributed by atoms with van der Waals surface area (Å²) in [6.07, 6.45) is -0.661. The van der Waals surface area contributed by atoms with Crippen LogP contribution in [0.3, 0.4) is 0 Å². The number of methoxy groups -OCH3 is 2. The summed E-state index contributed by atoms with van der Waals surface area (Å²) in [5.41, 5.74) is 3.05. The number of non-ortho nitro benzene ring substituents is 2. The first-order chi connectivity index (χ1) is 38.7. The van der Waals surface area contributed by atoms with Crippen LogP contribution in [0, 0.1) is 31.6 Å². The third-order valence-corrected chi connectivity index (χ3v) is 15.3. The number of amides is 1.